The molecule has 0 aliphatic heterocycles. The highest BCUT2D eigenvalue weighted by Gasteiger charge is 2.31. The van der Waals surface area contributed by atoms with Crippen molar-refractivity contribution in [1.82, 2.24) is 5.32 Å². The van der Waals surface area contributed by atoms with Gasteiger partial charge in [0.05, 0.1) is 18.0 Å². The standard InChI is InChI=1S/C26H30N2O3S/c1-18-11-13-23(14-12-18)25(22-9-7-6-8-10-22)27-26(29)21(4)28(32(5,30)31)24-16-19(2)15-20(3)17-24/h6-17,21,25H,1-5H3,(H,27,29)/t21-,25-/m0/s1. The average Bonchev–Trinajstić information content (AvgIpc) is 2.71. The van der Waals surface area contributed by atoms with Gasteiger partial charge in [-0.2, -0.15) is 0 Å². The van der Waals surface area contributed by atoms with E-state index in [2.05, 4.69) is 5.32 Å². The summed E-state index contributed by atoms with van der Waals surface area (Å²) >= 11 is 0. The molecule has 0 unspecified atom stereocenters. The number of nitrogens with zero attached hydrogens (tertiary/aromatic N) is 1. The predicted molar refractivity (Wildman–Crippen MR) is 130 cm³/mol. The molecule has 6 heteroatoms. The first kappa shape index (κ1) is 23.5. The van der Waals surface area contributed by atoms with Crippen molar-refractivity contribution in [3.63, 3.8) is 0 Å². The van der Waals surface area contributed by atoms with Gasteiger partial charge in [0.15, 0.2) is 0 Å². The van der Waals surface area contributed by atoms with E-state index < -0.39 is 22.1 Å². The van der Waals surface area contributed by atoms with Crippen molar-refractivity contribution in [1.29, 1.82) is 0 Å². The minimum atomic E-state index is -3.69. The zero-order valence-corrected chi connectivity index (χ0v) is 20.0. The maximum absolute atomic E-state index is 13.4. The van der Waals surface area contributed by atoms with E-state index in [0.29, 0.717) is 5.69 Å². The fraction of sp³-hybridized carbons (Fsp3) is 0.269. The molecular weight excluding hydrogens is 420 g/mol. The maximum atomic E-state index is 13.4. The van der Waals surface area contributed by atoms with Crippen LogP contribution in [0.5, 0.6) is 0 Å². The number of aryl methyl sites for hydroxylation is 3. The summed E-state index contributed by atoms with van der Waals surface area (Å²) in [7, 11) is -3.69. The number of carbonyl (C=O) groups is 1. The summed E-state index contributed by atoms with van der Waals surface area (Å²) in [4.78, 5) is 13.4. The van der Waals surface area contributed by atoms with Crippen molar-refractivity contribution in [2.45, 2.75) is 39.8 Å². The normalized spacial score (nSPS) is 13.3. The molecule has 0 aliphatic carbocycles. The van der Waals surface area contributed by atoms with Gasteiger partial charge >= 0.3 is 0 Å². The van der Waals surface area contributed by atoms with E-state index in [4.69, 9.17) is 0 Å². The Balaban J connectivity index is 1.97. The highest BCUT2D eigenvalue weighted by atomic mass is 32.2. The third kappa shape index (κ3) is 5.56. The van der Waals surface area contributed by atoms with Gasteiger partial charge in [0.25, 0.3) is 0 Å². The molecule has 3 rings (SSSR count). The summed E-state index contributed by atoms with van der Waals surface area (Å²) in [5.74, 6) is -0.371. The van der Waals surface area contributed by atoms with Crippen LogP contribution >= 0.6 is 0 Å². The van der Waals surface area contributed by atoms with Crippen LogP contribution in [-0.4, -0.2) is 26.6 Å². The summed E-state index contributed by atoms with van der Waals surface area (Å²) < 4.78 is 26.6. The van der Waals surface area contributed by atoms with Crippen LogP contribution in [0.3, 0.4) is 0 Å². The topological polar surface area (TPSA) is 66.5 Å². The van der Waals surface area contributed by atoms with Crippen molar-refractivity contribution in [3.8, 4) is 0 Å². The highest BCUT2D eigenvalue weighted by Crippen LogP contribution is 2.26. The molecule has 2 atom stereocenters. The zero-order chi connectivity index (χ0) is 23.5. The fourth-order valence-electron chi connectivity index (χ4n) is 3.91. The van der Waals surface area contributed by atoms with Gasteiger partial charge in [-0.1, -0.05) is 66.2 Å². The molecule has 1 amide bonds. The maximum Gasteiger partial charge on any atom is 0.244 e. The number of hydrogen-bond donors (Lipinski definition) is 1. The molecule has 0 aromatic heterocycles. The lowest BCUT2D eigenvalue weighted by atomic mass is 9.97. The van der Waals surface area contributed by atoms with Crippen LogP contribution in [0.25, 0.3) is 0 Å². The molecule has 0 saturated heterocycles. The largest absolute Gasteiger partial charge is 0.343 e. The number of amides is 1. The molecule has 32 heavy (non-hydrogen) atoms. The van der Waals surface area contributed by atoms with Crippen LogP contribution in [-0.2, 0) is 14.8 Å². The molecule has 0 radical (unpaired) electrons. The minimum absolute atomic E-state index is 0.371. The zero-order valence-electron chi connectivity index (χ0n) is 19.2. The van der Waals surface area contributed by atoms with E-state index in [1.165, 1.54) is 4.31 Å². The van der Waals surface area contributed by atoms with Crippen molar-refractivity contribution in [2.75, 3.05) is 10.6 Å². The molecule has 1 N–H and O–H groups in total. The Morgan fingerprint density at radius 2 is 1.34 bits per heavy atom. The van der Waals surface area contributed by atoms with Crippen molar-refractivity contribution >= 4 is 21.6 Å². The van der Waals surface area contributed by atoms with E-state index in [0.717, 1.165) is 34.1 Å². The van der Waals surface area contributed by atoms with E-state index in [9.17, 15) is 13.2 Å². The van der Waals surface area contributed by atoms with Crippen molar-refractivity contribution < 1.29 is 13.2 Å². The van der Waals surface area contributed by atoms with Gasteiger partial charge in [0, 0.05) is 0 Å². The number of carbonyl (C=O) groups excluding carboxylic acids is 1. The van der Waals surface area contributed by atoms with Gasteiger partial charge in [-0.25, -0.2) is 8.42 Å². The molecule has 0 fully saturated rings. The van der Waals surface area contributed by atoms with Gasteiger partial charge < -0.3 is 5.32 Å². The Bertz CT molecular complexity index is 1170. The summed E-state index contributed by atoms with van der Waals surface area (Å²) in [6.45, 7) is 7.44. The van der Waals surface area contributed by atoms with E-state index in [-0.39, 0.29) is 5.91 Å². The van der Waals surface area contributed by atoms with Crippen LogP contribution in [0.4, 0.5) is 5.69 Å². The lowest BCUT2D eigenvalue weighted by Crippen LogP contribution is -2.48. The fourth-order valence-corrected chi connectivity index (χ4v) is 5.07. The summed E-state index contributed by atoms with van der Waals surface area (Å²) in [5.41, 5.74) is 5.33. The first-order chi connectivity index (χ1) is 15.1. The number of hydrogen-bond acceptors (Lipinski definition) is 3. The van der Waals surface area contributed by atoms with Gasteiger partial charge in [-0.3, -0.25) is 9.10 Å². The van der Waals surface area contributed by atoms with Crippen molar-refractivity contribution in [3.05, 3.63) is 101 Å². The third-order valence-electron chi connectivity index (χ3n) is 5.38. The summed E-state index contributed by atoms with van der Waals surface area (Å²) in [5, 5.41) is 3.08. The van der Waals surface area contributed by atoms with E-state index >= 15 is 0 Å². The summed E-state index contributed by atoms with van der Waals surface area (Å²) in [6, 6.07) is 21.8. The number of nitrogens with one attached hydrogen (secondary N) is 1. The summed E-state index contributed by atoms with van der Waals surface area (Å²) in [6.07, 6.45) is 1.13. The lowest BCUT2D eigenvalue weighted by Gasteiger charge is -2.30. The van der Waals surface area contributed by atoms with Crippen molar-refractivity contribution in [2.24, 2.45) is 0 Å². The molecule has 3 aromatic carbocycles. The Morgan fingerprint density at radius 3 is 1.88 bits per heavy atom. The second kappa shape index (κ2) is 9.57. The second-order valence-electron chi connectivity index (χ2n) is 8.34. The Kier molecular flexibility index (Phi) is 7.04. The van der Waals surface area contributed by atoms with Crippen LogP contribution in [0.1, 0.15) is 40.8 Å². The molecule has 0 heterocycles. The van der Waals surface area contributed by atoms with Crippen LogP contribution in [0, 0.1) is 20.8 Å². The molecule has 168 valence electrons. The van der Waals surface area contributed by atoms with Crippen LogP contribution in [0.15, 0.2) is 72.8 Å². The smallest absolute Gasteiger partial charge is 0.244 e. The SMILES string of the molecule is Cc1ccc([C@@H](NC(=O)[C@H](C)N(c2cc(C)cc(C)c2)S(C)(=O)=O)c2ccccc2)cc1. The third-order valence-corrected chi connectivity index (χ3v) is 6.62. The Hall–Kier alpha value is -3.12. The average molecular weight is 451 g/mol. The quantitative estimate of drug-likeness (QED) is 0.569. The first-order valence-electron chi connectivity index (χ1n) is 10.6. The number of rotatable bonds is 7. The van der Waals surface area contributed by atoms with Gasteiger partial charge in [-0.15, -0.1) is 0 Å². The minimum Gasteiger partial charge on any atom is -0.343 e. The Morgan fingerprint density at radius 1 is 0.812 bits per heavy atom. The molecule has 0 bridgehead atoms. The Labute approximate surface area is 191 Å². The molecular formula is C26H30N2O3S. The van der Waals surface area contributed by atoms with Crippen LogP contribution in [0.2, 0.25) is 0 Å². The second-order valence-corrected chi connectivity index (χ2v) is 10.2. The number of benzene rings is 3. The van der Waals surface area contributed by atoms with Gasteiger partial charge in [0.2, 0.25) is 15.9 Å². The first-order valence-corrected chi connectivity index (χ1v) is 12.4. The molecule has 5 nitrogen and oxygen atoms in total. The highest BCUT2D eigenvalue weighted by molar-refractivity contribution is 7.92. The molecule has 0 spiro atoms. The number of anilines is 1. The molecule has 0 saturated carbocycles. The van der Waals surface area contributed by atoms with Crippen LogP contribution < -0.4 is 9.62 Å². The molecule has 0 aliphatic rings. The number of sulfonamides is 1. The monoisotopic (exact) mass is 450 g/mol. The lowest BCUT2D eigenvalue weighted by molar-refractivity contribution is -0.122. The predicted octanol–water partition coefficient (Wildman–Crippen LogP) is 4.67. The molecule has 3 aromatic rings. The van der Waals surface area contributed by atoms with Gasteiger partial charge in [-0.05, 0) is 62.1 Å². The van der Waals surface area contributed by atoms with Gasteiger partial charge in [0.1, 0.15) is 6.04 Å². The van der Waals surface area contributed by atoms with E-state index in [1.807, 2.05) is 81.4 Å². The van der Waals surface area contributed by atoms with E-state index in [1.54, 1.807) is 19.1 Å².